The molecule has 0 fully saturated rings. The van der Waals surface area contributed by atoms with Crippen LogP contribution >= 0.6 is 11.3 Å². The highest BCUT2D eigenvalue weighted by Crippen LogP contribution is 2.23. The van der Waals surface area contributed by atoms with E-state index in [9.17, 15) is 4.21 Å². The molecule has 17 heavy (non-hydrogen) atoms. The van der Waals surface area contributed by atoms with Crippen LogP contribution in [0.3, 0.4) is 0 Å². The van der Waals surface area contributed by atoms with Gasteiger partial charge in [-0.1, -0.05) is 20.8 Å². The van der Waals surface area contributed by atoms with Crippen LogP contribution in [0.1, 0.15) is 38.4 Å². The minimum Gasteiger partial charge on any atom is -0.307 e. The highest BCUT2D eigenvalue weighted by molar-refractivity contribution is 7.84. The van der Waals surface area contributed by atoms with Crippen LogP contribution in [0.5, 0.6) is 0 Å². The van der Waals surface area contributed by atoms with Crippen molar-refractivity contribution in [1.82, 2.24) is 10.3 Å². The summed E-state index contributed by atoms with van der Waals surface area (Å²) in [5.41, 5.74) is 1.26. The lowest BCUT2D eigenvalue weighted by atomic mass is 9.93. The molecule has 1 aromatic heterocycles. The summed E-state index contributed by atoms with van der Waals surface area (Å²) in [6.45, 7) is 9.32. The molecule has 2 atom stereocenters. The van der Waals surface area contributed by atoms with Crippen molar-refractivity contribution in [2.75, 3.05) is 12.0 Å². The van der Waals surface area contributed by atoms with Crippen LogP contribution in [0, 0.1) is 0 Å². The maximum atomic E-state index is 11.1. The average Bonchev–Trinajstić information content (AvgIpc) is 2.61. The van der Waals surface area contributed by atoms with Gasteiger partial charge in [0.2, 0.25) is 0 Å². The molecule has 0 aliphatic rings. The second-order valence-corrected chi connectivity index (χ2v) is 7.82. The average molecular weight is 274 g/mol. The summed E-state index contributed by atoms with van der Waals surface area (Å²) in [5, 5.41) is 6.58. The fourth-order valence-electron chi connectivity index (χ4n) is 1.41. The van der Waals surface area contributed by atoms with Crippen molar-refractivity contribution in [3.63, 3.8) is 0 Å². The first-order valence-electron chi connectivity index (χ1n) is 5.77. The summed E-state index contributed by atoms with van der Waals surface area (Å²) in [6, 6.07) is 0.267. The first-order valence-corrected chi connectivity index (χ1v) is 8.38. The molecule has 98 valence electrons. The van der Waals surface area contributed by atoms with E-state index in [0.29, 0.717) is 5.75 Å². The Kier molecular flexibility index (Phi) is 5.28. The molecule has 0 saturated heterocycles. The Bertz CT molecular complexity index is 382. The zero-order valence-electron chi connectivity index (χ0n) is 11.2. The number of hydrogen-bond acceptors (Lipinski definition) is 4. The molecule has 0 bridgehead atoms. The van der Waals surface area contributed by atoms with Crippen LogP contribution in [0.4, 0.5) is 0 Å². The Balaban J connectivity index is 2.48. The number of thiazole rings is 1. The molecule has 0 amide bonds. The fourth-order valence-corrected chi connectivity index (χ4v) is 3.20. The third kappa shape index (κ3) is 5.27. The van der Waals surface area contributed by atoms with Crippen molar-refractivity contribution in [2.45, 2.75) is 45.7 Å². The molecule has 1 N–H and O–H groups in total. The van der Waals surface area contributed by atoms with Crippen molar-refractivity contribution >= 4 is 22.1 Å². The molecule has 2 unspecified atom stereocenters. The molecule has 0 spiro atoms. The van der Waals surface area contributed by atoms with Crippen molar-refractivity contribution in [1.29, 1.82) is 0 Å². The Morgan fingerprint density at radius 1 is 1.53 bits per heavy atom. The Morgan fingerprint density at radius 2 is 2.18 bits per heavy atom. The van der Waals surface area contributed by atoms with Crippen LogP contribution < -0.4 is 5.32 Å². The summed E-state index contributed by atoms with van der Waals surface area (Å²) < 4.78 is 11.1. The molecule has 0 aliphatic heterocycles. The molecule has 0 aliphatic carbocycles. The molecule has 0 radical (unpaired) electrons. The van der Waals surface area contributed by atoms with E-state index < -0.39 is 10.8 Å². The molecule has 1 heterocycles. The third-order valence-corrected chi connectivity index (χ3v) is 4.22. The van der Waals surface area contributed by atoms with Crippen LogP contribution in [0.25, 0.3) is 0 Å². The lowest BCUT2D eigenvalue weighted by Crippen LogP contribution is -2.30. The van der Waals surface area contributed by atoms with Crippen LogP contribution in [-0.2, 0) is 22.8 Å². The predicted molar refractivity (Wildman–Crippen MR) is 76.0 cm³/mol. The topological polar surface area (TPSA) is 42.0 Å². The van der Waals surface area contributed by atoms with Crippen molar-refractivity contribution in [3.8, 4) is 0 Å². The first kappa shape index (κ1) is 14.8. The van der Waals surface area contributed by atoms with Gasteiger partial charge < -0.3 is 5.32 Å². The van der Waals surface area contributed by atoms with E-state index in [4.69, 9.17) is 0 Å². The largest absolute Gasteiger partial charge is 0.307 e. The van der Waals surface area contributed by atoms with E-state index >= 15 is 0 Å². The Labute approximate surface area is 111 Å². The van der Waals surface area contributed by atoms with E-state index in [0.717, 1.165) is 17.2 Å². The number of rotatable bonds is 5. The van der Waals surface area contributed by atoms with E-state index in [-0.39, 0.29) is 11.5 Å². The summed E-state index contributed by atoms with van der Waals surface area (Å²) in [6.07, 6.45) is 1.74. The van der Waals surface area contributed by atoms with Gasteiger partial charge in [-0.25, -0.2) is 4.98 Å². The van der Waals surface area contributed by atoms with Gasteiger partial charge >= 0.3 is 0 Å². The van der Waals surface area contributed by atoms with Gasteiger partial charge in [-0.3, -0.25) is 4.21 Å². The summed E-state index contributed by atoms with van der Waals surface area (Å²) >= 11 is 1.69. The van der Waals surface area contributed by atoms with Crippen LogP contribution in [0.2, 0.25) is 0 Å². The summed E-state index contributed by atoms with van der Waals surface area (Å²) in [5.74, 6) is 0.692. The molecule has 1 rings (SSSR count). The van der Waals surface area contributed by atoms with Gasteiger partial charge in [0.25, 0.3) is 0 Å². The van der Waals surface area contributed by atoms with Gasteiger partial charge in [0.15, 0.2) is 0 Å². The monoisotopic (exact) mass is 274 g/mol. The molecule has 0 aromatic carbocycles. The van der Waals surface area contributed by atoms with Gasteiger partial charge in [0.05, 0.1) is 5.69 Å². The maximum Gasteiger partial charge on any atom is 0.107 e. The lowest BCUT2D eigenvalue weighted by Gasteiger charge is -2.14. The SMILES string of the molecule is CC(CS(C)=O)NCc1nc(C(C)(C)C)cs1. The number of hydrogen-bond donors (Lipinski definition) is 1. The molecule has 5 heteroatoms. The number of nitrogens with zero attached hydrogens (tertiary/aromatic N) is 1. The predicted octanol–water partition coefficient (Wildman–Crippen LogP) is 2.30. The minimum atomic E-state index is -0.742. The van der Waals surface area contributed by atoms with Gasteiger partial charge in [-0.05, 0) is 6.92 Å². The van der Waals surface area contributed by atoms with Gasteiger partial charge in [0.1, 0.15) is 5.01 Å². The lowest BCUT2D eigenvalue weighted by molar-refractivity contribution is 0.559. The zero-order chi connectivity index (χ0) is 13.1. The second kappa shape index (κ2) is 6.07. The maximum absolute atomic E-state index is 11.1. The molecule has 3 nitrogen and oxygen atoms in total. The summed E-state index contributed by atoms with van der Waals surface area (Å²) in [7, 11) is -0.742. The Hall–Kier alpha value is -0.260. The molecule has 1 aromatic rings. The molecular formula is C12H22N2OS2. The van der Waals surface area contributed by atoms with Gasteiger partial charge in [-0.15, -0.1) is 11.3 Å². The molecular weight excluding hydrogens is 252 g/mol. The zero-order valence-corrected chi connectivity index (χ0v) is 12.9. The highest BCUT2D eigenvalue weighted by Gasteiger charge is 2.17. The first-order chi connectivity index (χ1) is 7.79. The Morgan fingerprint density at radius 3 is 2.65 bits per heavy atom. The number of aromatic nitrogens is 1. The number of nitrogens with one attached hydrogen (secondary N) is 1. The van der Waals surface area contributed by atoms with E-state index in [2.05, 4.69) is 43.4 Å². The summed E-state index contributed by atoms with van der Waals surface area (Å²) in [4.78, 5) is 4.61. The highest BCUT2D eigenvalue weighted by atomic mass is 32.2. The van der Waals surface area contributed by atoms with Gasteiger partial charge in [0, 0.05) is 46.2 Å². The van der Waals surface area contributed by atoms with E-state index in [1.165, 1.54) is 0 Å². The van der Waals surface area contributed by atoms with Crippen LogP contribution in [0.15, 0.2) is 5.38 Å². The van der Waals surface area contributed by atoms with Crippen molar-refractivity contribution in [2.24, 2.45) is 0 Å². The van der Waals surface area contributed by atoms with Crippen molar-refractivity contribution in [3.05, 3.63) is 16.1 Å². The second-order valence-electron chi connectivity index (χ2n) is 5.40. The quantitative estimate of drug-likeness (QED) is 0.896. The minimum absolute atomic E-state index is 0.116. The smallest absolute Gasteiger partial charge is 0.107 e. The van der Waals surface area contributed by atoms with E-state index in [1.54, 1.807) is 17.6 Å². The third-order valence-electron chi connectivity index (χ3n) is 2.41. The van der Waals surface area contributed by atoms with E-state index in [1.807, 2.05) is 0 Å². The normalized spacial score (nSPS) is 15.8. The van der Waals surface area contributed by atoms with Crippen LogP contribution in [-0.4, -0.2) is 27.2 Å². The molecule has 0 saturated carbocycles. The van der Waals surface area contributed by atoms with Crippen molar-refractivity contribution < 1.29 is 4.21 Å². The fraction of sp³-hybridized carbons (Fsp3) is 0.750. The van der Waals surface area contributed by atoms with Gasteiger partial charge in [-0.2, -0.15) is 0 Å². The standard InChI is InChI=1S/C12H22N2OS2/c1-9(8-17(5)15)13-6-11-14-10(7-16-11)12(2,3)4/h7,9,13H,6,8H2,1-5H3.